The Labute approximate surface area is 207 Å². The molecule has 3 aromatic heterocycles. The topological polar surface area (TPSA) is 78.7 Å². The molecule has 2 aromatic carbocycles. The molecule has 0 spiro atoms. The SMILES string of the molecule is CN1CCN(C(=O)c2ccc(-c3ccc4nccc(Nc5ccn6ncnc6c5)c4c3)c(F)c2)CC1. The molecule has 1 amide bonds. The Morgan fingerprint density at radius 3 is 2.67 bits per heavy atom. The maximum Gasteiger partial charge on any atom is 0.254 e. The molecule has 0 bridgehead atoms. The number of nitrogens with one attached hydrogen (secondary N) is 1. The van der Waals surface area contributed by atoms with Crippen LogP contribution in [0.1, 0.15) is 10.4 Å². The molecule has 6 rings (SSSR count). The molecule has 0 radical (unpaired) electrons. The van der Waals surface area contributed by atoms with Gasteiger partial charge in [0.15, 0.2) is 5.65 Å². The van der Waals surface area contributed by atoms with Gasteiger partial charge in [-0.3, -0.25) is 9.78 Å². The Bertz CT molecular complexity index is 1590. The average Bonchev–Trinajstić information content (AvgIpc) is 3.37. The number of likely N-dealkylation sites (N-methyl/N-ethyl adjacent to an activating group) is 1. The fourth-order valence-corrected chi connectivity index (χ4v) is 4.55. The third-order valence-electron chi connectivity index (χ3n) is 6.62. The van der Waals surface area contributed by atoms with E-state index in [9.17, 15) is 4.79 Å². The van der Waals surface area contributed by atoms with Gasteiger partial charge in [-0.25, -0.2) is 13.9 Å². The van der Waals surface area contributed by atoms with Crippen molar-refractivity contribution in [3.05, 3.63) is 84.7 Å². The molecule has 1 N–H and O–H groups in total. The lowest BCUT2D eigenvalue weighted by Gasteiger charge is -2.32. The number of rotatable bonds is 4. The summed E-state index contributed by atoms with van der Waals surface area (Å²) < 4.78 is 17.0. The molecule has 1 aliphatic rings. The Morgan fingerprint density at radius 2 is 1.83 bits per heavy atom. The van der Waals surface area contributed by atoms with Crippen LogP contribution in [0.25, 0.3) is 27.7 Å². The summed E-state index contributed by atoms with van der Waals surface area (Å²) >= 11 is 0. The van der Waals surface area contributed by atoms with Crippen LogP contribution in [0.15, 0.2) is 73.3 Å². The fraction of sp³-hybridized carbons (Fsp3) is 0.185. The fourth-order valence-electron chi connectivity index (χ4n) is 4.55. The summed E-state index contributed by atoms with van der Waals surface area (Å²) in [6.45, 7) is 2.94. The van der Waals surface area contributed by atoms with Crippen LogP contribution in [-0.2, 0) is 0 Å². The molecule has 8 nitrogen and oxygen atoms in total. The standard InChI is InChI=1S/C27H24FN7O/c1-33-10-12-34(13-11-33)27(36)19-2-4-21(23(28)15-19)18-3-5-24-22(14-18)25(6-8-29-24)32-20-7-9-35-26(16-20)30-17-31-35/h2-9,14-17H,10-13H2,1H3,(H,29,32). The van der Waals surface area contributed by atoms with Gasteiger partial charge in [-0.05, 0) is 49.0 Å². The summed E-state index contributed by atoms with van der Waals surface area (Å²) in [5.74, 6) is -0.558. The molecular formula is C27H24FN7O. The summed E-state index contributed by atoms with van der Waals surface area (Å²) in [5.41, 5.74) is 4.73. The second-order valence-electron chi connectivity index (χ2n) is 8.98. The average molecular weight is 482 g/mol. The smallest absolute Gasteiger partial charge is 0.254 e. The Morgan fingerprint density at radius 1 is 0.972 bits per heavy atom. The molecule has 1 fully saturated rings. The van der Waals surface area contributed by atoms with Crippen molar-refractivity contribution < 1.29 is 9.18 Å². The van der Waals surface area contributed by atoms with Crippen molar-refractivity contribution in [1.29, 1.82) is 0 Å². The number of pyridine rings is 2. The molecule has 180 valence electrons. The number of piperazine rings is 1. The summed E-state index contributed by atoms with van der Waals surface area (Å²) in [4.78, 5) is 25.5. The van der Waals surface area contributed by atoms with E-state index in [0.29, 0.717) is 29.8 Å². The number of halogens is 1. The molecule has 1 aliphatic heterocycles. The Balaban J connectivity index is 1.31. The number of fused-ring (bicyclic) bond motifs is 2. The van der Waals surface area contributed by atoms with Crippen LogP contribution in [0.4, 0.5) is 15.8 Å². The van der Waals surface area contributed by atoms with Crippen LogP contribution in [0.2, 0.25) is 0 Å². The number of carbonyl (C=O) groups is 1. The minimum Gasteiger partial charge on any atom is -0.355 e. The van der Waals surface area contributed by atoms with Gasteiger partial charge in [0.2, 0.25) is 0 Å². The van der Waals surface area contributed by atoms with Crippen LogP contribution >= 0.6 is 0 Å². The van der Waals surface area contributed by atoms with E-state index in [1.807, 2.05) is 49.6 Å². The summed E-state index contributed by atoms with van der Waals surface area (Å²) in [6.07, 6.45) is 5.07. The van der Waals surface area contributed by atoms with Crippen LogP contribution in [0, 0.1) is 5.82 Å². The summed E-state index contributed by atoms with van der Waals surface area (Å²) in [6, 6.07) is 16.1. The van der Waals surface area contributed by atoms with Gasteiger partial charge in [0.1, 0.15) is 12.1 Å². The molecule has 0 aliphatic carbocycles. The lowest BCUT2D eigenvalue weighted by molar-refractivity contribution is 0.0663. The first kappa shape index (κ1) is 22.1. The first-order valence-corrected chi connectivity index (χ1v) is 11.8. The highest BCUT2D eigenvalue weighted by Crippen LogP contribution is 2.31. The highest BCUT2D eigenvalue weighted by Gasteiger charge is 2.21. The second-order valence-corrected chi connectivity index (χ2v) is 8.98. The number of carbonyl (C=O) groups excluding carboxylic acids is 1. The molecule has 5 aromatic rings. The predicted molar refractivity (Wildman–Crippen MR) is 137 cm³/mol. The third-order valence-corrected chi connectivity index (χ3v) is 6.62. The molecule has 1 saturated heterocycles. The monoisotopic (exact) mass is 481 g/mol. The van der Waals surface area contributed by atoms with E-state index >= 15 is 4.39 Å². The molecule has 0 unspecified atom stereocenters. The molecule has 36 heavy (non-hydrogen) atoms. The quantitative estimate of drug-likeness (QED) is 0.414. The minimum atomic E-state index is -0.426. The van der Waals surface area contributed by atoms with Crippen molar-refractivity contribution in [1.82, 2.24) is 29.4 Å². The first-order chi connectivity index (χ1) is 17.5. The van der Waals surface area contributed by atoms with Gasteiger partial charge in [0.05, 0.1) is 5.52 Å². The van der Waals surface area contributed by atoms with Gasteiger partial charge < -0.3 is 15.1 Å². The van der Waals surface area contributed by atoms with E-state index in [1.54, 1.807) is 27.7 Å². The summed E-state index contributed by atoms with van der Waals surface area (Å²) in [5, 5.41) is 8.40. The van der Waals surface area contributed by atoms with Gasteiger partial charge in [0.25, 0.3) is 5.91 Å². The van der Waals surface area contributed by atoms with Crippen LogP contribution in [0.3, 0.4) is 0 Å². The normalized spacial score (nSPS) is 14.4. The Kier molecular flexibility index (Phi) is 5.54. The minimum absolute atomic E-state index is 0.132. The van der Waals surface area contributed by atoms with Gasteiger partial charge >= 0.3 is 0 Å². The number of benzene rings is 2. The van der Waals surface area contributed by atoms with E-state index in [1.165, 1.54) is 12.4 Å². The van der Waals surface area contributed by atoms with Crippen molar-refractivity contribution in [2.24, 2.45) is 0 Å². The lowest BCUT2D eigenvalue weighted by atomic mass is 10.00. The van der Waals surface area contributed by atoms with E-state index in [4.69, 9.17) is 0 Å². The van der Waals surface area contributed by atoms with Crippen molar-refractivity contribution >= 4 is 33.8 Å². The maximum absolute atomic E-state index is 15.3. The number of aromatic nitrogens is 4. The van der Waals surface area contributed by atoms with Gasteiger partial charge in [-0.15, -0.1) is 0 Å². The molecule has 4 heterocycles. The van der Waals surface area contributed by atoms with Crippen molar-refractivity contribution in [2.75, 3.05) is 38.5 Å². The zero-order valence-electron chi connectivity index (χ0n) is 19.7. The molecule has 9 heteroatoms. The van der Waals surface area contributed by atoms with Crippen LogP contribution in [0.5, 0.6) is 0 Å². The zero-order chi connectivity index (χ0) is 24.6. The molecule has 0 atom stereocenters. The van der Waals surface area contributed by atoms with Crippen LogP contribution in [-0.4, -0.2) is 68.5 Å². The number of nitrogens with zero attached hydrogens (tertiary/aromatic N) is 6. The highest BCUT2D eigenvalue weighted by atomic mass is 19.1. The number of anilines is 2. The molecule has 0 saturated carbocycles. The third kappa shape index (κ3) is 4.14. The number of hydrogen-bond acceptors (Lipinski definition) is 6. The largest absolute Gasteiger partial charge is 0.355 e. The van der Waals surface area contributed by atoms with Gasteiger partial charge in [-0.1, -0.05) is 12.1 Å². The van der Waals surface area contributed by atoms with Gasteiger partial charge in [-0.2, -0.15) is 5.10 Å². The zero-order valence-corrected chi connectivity index (χ0v) is 19.7. The van der Waals surface area contributed by atoms with E-state index < -0.39 is 5.82 Å². The lowest BCUT2D eigenvalue weighted by Crippen LogP contribution is -2.47. The number of hydrogen-bond donors (Lipinski definition) is 1. The van der Waals surface area contributed by atoms with Crippen molar-refractivity contribution in [2.45, 2.75) is 0 Å². The van der Waals surface area contributed by atoms with E-state index in [2.05, 4.69) is 25.3 Å². The van der Waals surface area contributed by atoms with Crippen molar-refractivity contribution in [3.63, 3.8) is 0 Å². The first-order valence-electron chi connectivity index (χ1n) is 11.8. The van der Waals surface area contributed by atoms with Crippen molar-refractivity contribution in [3.8, 4) is 11.1 Å². The van der Waals surface area contributed by atoms with E-state index in [-0.39, 0.29) is 5.91 Å². The molecular weight excluding hydrogens is 457 g/mol. The Hall–Kier alpha value is -4.37. The highest BCUT2D eigenvalue weighted by molar-refractivity contribution is 5.97. The maximum atomic E-state index is 15.3. The van der Waals surface area contributed by atoms with Crippen LogP contribution < -0.4 is 5.32 Å². The van der Waals surface area contributed by atoms with E-state index in [0.717, 1.165) is 41.0 Å². The summed E-state index contributed by atoms with van der Waals surface area (Å²) in [7, 11) is 2.03. The van der Waals surface area contributed by atoms with Gasteiger partial charge in [0, 0.05) is 72.5 Å². The number of amides is 1. The predicted octanol–water partition coefficient (Wildman–Crippen LogP) is 4.21. The second kappa shape index (κ2) is 9.01.